The molecular formula is C19H24O2. The molecule has 0 heterocycles. The lowest BCUT2D eigenvalue weighted by Crippen LogP contribution is -2.31. The quantitative estimate of drug-likeness (QED) is 0.596. The van der Waals surface area contributed by atoms with Crippen LogP contribution in [0, 0.1) is 11.3 Å². The predicted molar refractivity (Wildman–Crippen MR) is 83.6 cm³/mol. The van der Waals surface area contributed by atoms with Gasteiger partial charge >= 0.3 is 5.97 Å². The average molecular weight is 284 g/mol. The van der Waals surface area contributed by atoms with E-state index in [1.165, 1.54) is 19.3 Å². The molecule has 0 unspecified atom stereocenters. The fourth-order valence-electron chi connectivity index (χ4n) is 3.68. The predicted octanol–water partition coefficient (Wildman–Crippen LogP) is 4.65. The molecule has 0 N–H and O–H groups in total. The van der Waals surface area contributed by atoms with Gasteiger partial charge in [0, 0.05) is 0 Å². The van der Waals surface area contributed by atoms with Gasteiger partial charge in [-0.3, -0.25) is 4.79 Å². The van der Waals surface area contributed by atoms with Crippen LogP contribution < -0.4 is 0 Å². The molecule has 0 radical (unpaired) electrons. The second-order valence-electron chi connectivity index (χ2n) is 6.52. The molecule has 0 bridgehead atoms. The molecule has 2 heteroatoms. The van der Waals surface area contributed by atoms with Crippen LogP contribution in [-0.4, -0.2) is 5.97 Å². The van der Waals surface area contributed by atoms with Crippen molar-refractivity contribution in [3.05, 3.63) is 48.0 Å². The van der Waals surface area contributed by atoms with Crippen LogP contribution in [0.5, 0.6) is 0 Å². The van der Waals surface area contributed by atoms with Crippen LogP contribution in [0.3, 0.4) is 0 Å². The van der Waals surface area contributed by atoms with Crippen LogP contribution in [-0.2, 0) is 16.1 Å². The van der Waals surface area contributed by atoms with E-state index in [1.54, 1.807) is 0 Å². The number of hydrogen-bond donors (Lipinski definition) is 0. The molecular weight excluding hydrogens is 260 g/mol. The van der Waals surface area contributed by atoms with Crippen LogP contribution in [0.1, 0.15) is 50.5 Å². The maximum absolute atomic E-state index is 12.2. The summed E-state index contributed by atoms with van der Waals surface area (Å²) < 4.78 is 5.49. The number of carbonyl (C=O) groups excluding carboxylic acids is 1. The van der Waals surface area contributed by atoms with Crippen molar-refractivity contribution < 1.29 is 9.53 Å². The fraction of sp³-hybridized carbons (Fsp3) is 0.526. The molecule has 3 rings (SSSR count). The average Bonchev–Trinajstić information content (AvgIpc) is 2.55. The smallest absolute Gasteiger partial charge is 0.309 e. The van der Waals surface area contributed by atoms with E-state index in [0.29, 0.717) is 12.0 Å². The minimum absolute atomic E-state index is 0.00603. The fourth-order valence-corrected chi connectivity index (χ4v) is 3.68. The van der Waals surface area contributed by atoms with Gasteiger partial charge in [0.05, 0.1) is 5.92 Å². The first-order chi connectivity index (χ1) is 10.3. The first kappa shape index (κ1) is 14.4. The number of esters is 1. The number of hydrogen-bond acceptors (Lipinski definition) is 2. The van der Waals surface area contributed by atoms with Crippen LogP contribution >= 0.6 is 0 Å². The Kier molecular flexibility index (Phi) is 4.42. The Balaban J connectivity index is 1.49. The molecule has 0 aromatic heterocycles. The van der Waals surface area contributed by atoms with E-state index >= 15 is 0 Å². The molecule has 1 fully saturated rings. The molecule has 1 spiro atoms. The molecule has 112 valence electrons. The molecule has 0 amide bonds. The molecule has 21 heavy (non-hydrogen) atoms. The summed E-state index contributed by atoms with van der Waals surface area (Å²) in [5.41, 5.74) is 1.46. The van der Waals surface area contributed by atoms with Crippen molar-refractivity contribution in [2.75, 3.05) is 0 Å². The van der Waals surface area contributed by atoms with Gasteiger partial charge in [-0.05, 0) is 55.9 Å². The molecule has 0 aliphatic heterocycles. The van der Waals surface area contributed by atoms with E-state index in [9.17, 15) is 4.79 Å². The first-order valence-corrected chi connectivity index (χ1v) is 8.16. The summed E-state index contributed by atoms with van der Waals surface area (Å²) in [7, 11) is 0. The van der Waals surface area contributed by atoms with Gasteiger partial charge in [-0.25, -0.2) is 0 Å². The van der Waals surface area contributed by atoms with Crippen LogP contribution in [0.2, 0.25) is 0 Å². The third kappa shape index (κ3) is 3.55. The van der Waals surface area contributed by atoms with Gasteiger partial charge in [-0.2, -0.15) is 0 Å². The molecule has 2 aliphatic rings. The van der Waals surface area contributed by atoms with Gasteiger partial charge in [0.2, 0.25) is 0 Å². The summed E-state index contributed by atoms with van der Waals surface area (Å²) in [6, 6.07) is 9.92. The summed E-state index contributed by atoms with van der Waals surface area (Å²) in [4.78, 5) is 12.2. The van der Waals surface area contributed by atoms with E-state index in [1.807, 2.05) is 30.3 Å². The summed E-state index contributed by atoms with van der Waals surface area (Å²) in [6.45, 7) is 0.404. The second kappa shape index (κ2) is 6.46. The summed E-state index contributed by atoms with van der Waals surface area (Å²) >= 11 is 0. The number of carbonyl (C=O) groups is 1. The maximum atomic E-state index is 12.2. The second-order valence-corrected chi connectivity index (χ2v) is 6.52. The summed E-state index contributed by atoms with van der Waals surface area (Å²) in [6.07, 6.45) is 12.8. The van der Waals surface area contributed by atoms with E-state index in [4.69, 9.17) is 4.74 Å². The van der Waals surface area contributed by atoms with E-state index in [0.717, 1.165) is 31.2 Å². The molecule has 1 aromatic rings. The van der Waals surface area contributed by atoms with Gasteiger partial charge in [0.25, 0.3) is 0 Å². The van der Waals surface area contributed by atoms with Crippen molar-refractivity contribution in [3.63, 3.8) is 0 Å². The van der Waals surface area contributed by atoms with E-state index < -0.39 is 0 Å². The molecule has 1 saturated carbocycles. The van der Waals surface area contributed by atoms with Gasteiger partial charge in [-0.15, -0.1) is 0 Å². The van der Waals surface area contributed by atoms with Crippen molar-refractivity contribution in [1.29, 1.82) is 0 Å². The van der Waals surface area contributed by atoms with Crippen LogP contribution in [0.4, 0.5) is 0 Å². The molecule has 2 nitrogen and oxygen atoms in total. The number of benzene rings is 1. The molecule has 0 saturated heterocycles. The van der Waals surface area contributed by atoms with Gasteiger partial charge in [-0.1, -0.05) is 42.5 Å². The Morgan fingerprint density at radius 1 is 1.14 bits per heavy atom. The molecule has 1 aromatic carbocycles. The van der Waals surface area contributed by atoms with Crippen molar-refractivity contribution in [2.24, 2.45) is 11.3 Å². The van der Waals surface area contributed by atoms with Crippen molar-refractivity contribution in [2.45, 2.75) is 51.6 Å². The minimum atomic E-state index is -0.00603. The number of rotatable bonds is 3. The van der Waals surface area contributed by atoms with E-state index in [2.05, 4.69) is 12.2 Å². The lowest BCUT2D eigenvalue weighted by atomic mass is 9.66. The Morgan fingerprint density at radius 3 is 2.57 bits per heavy atom. The normalized spacial score (nSPS) is 28.5. The third-order valence-corrected chi connectivity index (χ3v) is 5.06. The van der Waals surface area contributed by atoms with Gasteiger partial charge < -0.3 is 4.74 Å². The van der Waals surface area contributed by atoms with E-state index in [-0.39, 0.29) is 11.9 Å². The highest BCUT2D eigenvalue weighted by molar-refractivity contribution is 5.72. The SMILES string of the molecule is O=C(OCc1ccccc1)C1CCC2(C=CCCC2)CC1. The van der Waals surface area contributed by atoms with Crippen LogP contribution in [0.25, 0.3) is 0 Å². The number of ether oxygens (including phenoxy) is 1. The lowest BCUT2D eigenvalue weighted by molar-refractivity contribution is -0.151. The topological polar surface area (TPSA) is 26.3 Å². The maximum Gasteiger partial charge on any atom is 0.309 e. The summed E-state index contributed by atoms with van der Waals surface area (Å²) in [5, 5.41) is 0. The highest BCUT2D eigenvalue weighted by Crippen LogP contribution is 2.46. The molecule has 2 aliphatic carbocycles. The highest BCUT2D eigenvalue weighted by Gasteiger charge is 2.36. The Hall–Kier alpha value is -1.57. The summed E-state index contributed by atoms with van der Waals surface area (Å²) in [5.74, 6) is 0.100. The largest absolute Gasteiger partial charge is 0.461 e. The Bertz CT molecular complexity index is 496. The standard InChI is InChI=1S/C19H24O2/c20-18(21-15-16-7-3-1-4-8-16)17-9-13-19(14-10-17)11-5-2-6-12-19/h1,3-5,7-8,11,17H,2,6,9-10,12-15H2. The monoisotopic (exact) mass is 284 g/mol. The minimum Gasteiger partial charge on any atom is -0.461 e. The van der Waals surface area contributed by atoms with Gasteiger partial charge in [0.15, 0.2) is 0 Å². The Morgan fingerprint density at radius 2 is 1.90 bits per heavy atom. The number of allylic oxidation sites excluding steroid dienone is 2. The lowest BCUT2D eigenvalue weighted by Gasteiger charge is -2.39. The van der Waals surface area contributed by atoms with Gasteiger partial charge in [0.1, 0.15) is 6.61 Å². The van der Waals surface area contributed by atoms with Crippen molar-refractivity contribution in [3.8, 4) is 0 Å². The Labute approximate surface area is 127 Å². The zero-order chi connectivity index (χ0) is 14.5. The highest BCUT2D eigenvalue weighted by atomic mass is 16.5. The first-order valence-electron chi connectivity index (χ1n) is 8.16. The zero-order valence-electron chi connectivity index (χ0n) is 12.6. The van der Waals surface area contributed by atoms with Crippen molar-refractivity contribution >= 4 is 5.97 Å². The zero-order valence-corrected chi connectivity index (χ0v) is 12.6. The third-order valence-electron chi connectivity index (χ3n) is 5.06. The van der Waals surface area contributed by atoms with Crippen LogP contribution in [0.15, 0.2) is 42.5 Å². The van der Waals surface area contributed by atoms with Crippen molar-refractivity contribution in [1.82, 2.24) is 0 Å². The molecule has 0 atom stereocenters.